The summed E-state index contributed by atoms with van der Waals surface area (Å²) in [7, 11) is 0. The van der Waals surface area contributed by atoms with Crippen molar-refractivity contribution in [1.82, 2.24) is 0 Å². The van der Waals surface area contributed by atoms with Gasteiger partial charge in [-0.1, -0.05) is 18.9 Å². The van der Waals surface area contributed by atoms with E-state index in [-0.39, 0.29) is 6.10 Å². The second kappa shape index (κ2) is 5.02. The highest BCUT2D eigenvalue weighted by molar-refractivity contribution is 5.80. The van der Waals surface area contributed by atoms with Crippen LogP contribution in [0.15, 0.2) is 11.6 Å². The highest BCUT2D eigenvalue weighted by Crippen LogP contribution is 2.21. The minimum atomic E-state index is -0.841. The van der Waals surface area contributed by atoms with Crippen molar-refractivity contribution >= 4 is 5.97 Å². The molecule has 1 fully saturated rings. The summed E-state index contributed by atoms with van der Waals surface area (Å²) in [6, 6.07) is 0. The van der Waals surface area contributed by atoms with E-state index in [9.17, 15) is 4.79 Å². The summed E-state index contributed by atoms with van der Waals surface area (Å²) in [4.78, 5) is 10.4. The van der Waals surface area contributed by atoms with E-state index in [1.807, 2.05) is 0 Å². The zero-order valence-corrected chi connectivity index (χ0v) is 7.95. The van der Waals surface area contributed by atoms with Crippen molar-refractivity contribution in [2.75, 3.05) is 6.61 Å². The minimum Gasteiger partial charge on any atom is -0.478 e. The van der Waals surface area contributed by atoms with Crippen molar-refractivity contribution in [2.45, 2.75) is 38.7 Å². The Morgan fingerprint density at radius 3 is 3.15 bits per heavy atom. The molecule has 1 rings (SSSR count). The van der Waals surface area contributed by atoms with E-state index in [0.717, 1.165) is 31.3 Å². The van der Waals surface area contributed by atoms with Crippen LogP contribution < -0.4 is 0 Å². The van der Waals surface area contributed by atoms with Gasteiger partial charge in [0.25, 0.3) is 0 Å². The maximum absolute atomic E-state index is 10.4. The third-order valence-electron chi connectivity index (χ3n) is 2.20. The van der Waals surface area contributed by atoms with Crippen LogP contribution in [0.1, 0.15) is 32.6 Å². The van der Waals surface area contributed by atoms with Gasteiger partial charge < -0.3 is 9.84 Å². The van der Waals surface area contributed by atoms with E-state index >= 15 is 0 Å². The Kier molecular flexibility index (Phi) is 3.96. The molecule has 0 radical (unpaired) electrons. The minimum absolute atomic E-state index is 0.240. The lowest BCUT2D eigenvalue weighted by atomic mass is 9.99. The third-order valence-corrected chi connectivity index (χ3v) is 2.20. The molecule has 0 saturated carbocycles. The zero-order valence-electron chi connectivity index (χ0n) is 7.95. The van der Waals surface area contributed by atoms with Crippen LogP contribution in [0.2, 0.25) is 0 Å². The number of hydrogen-bond acceptors (Lipinski definition) is 2. The quantitative estimate of drug-likeness (QED) is 0.682. The number of rotatable bonds is 3. The second-order valence-electron chi connectivity index (χ2n) is 3.38. The first-order chi connectivity index (χ1) is 6.22. The van der Waals surface area contributed by atoms with Crippen LogP contribution in [0.5, 0.6) is 0 Å². The molecule has 74 valence electrons. The van der Waals surface area contributed by atoms with Crippen molar-refractivity contribution in [2.24, 2.45) is 0 Å². The van der Waals surface area contributed by atoms with Gasteiger partial charge in [0.2, 0.25) is 0 Å². The number of ether oxygens (including phenoxy) is 1. The van der Waals surface area contributed by atoms with Crippen LogP contribution in [0.3, 0.4) is 0 Å². The van der Waals surface area contributed by atoms with Crippen LogP contribution in [0.25, 0.3) is 0 Å². The Balaban J connectivity index is 2.46. The fraction of sp³-hybridized carbons (Fsp3) is 0.700. The van der Waals surface area contributed by atoms with Gasteiger partial charge >= 0.3 is 5.97 Å². The number of hydrogen-bond donors (Lipinski definition) is 1. The number of aliphatic carboxylic acids is 1. The molecule has 0 spiro atoms. The molecular weight excluding hydrogens is 168 g/mol. The molecule has 1 unspecified atom stereocenters. The Labute approximate surface area is 78.4 Å². The lowest BCUT2D eigenvalue weighted by molar-refractivity contribution is -0.131. The molecule has 1 aliphatic heterocycles. The Morgan fingerprint density at radius 2 is 2.54 bits per heavy atom. The van der Waals surface area contributed by atoms with Crippen LogP contribution in [-0.4, -0.2) is 23.8 Å². The van der Waals surface area contributed by atoms with Gasteiger partial charge in [-0.2, -0.15) is 0 Å². The van der Waals surface area contributed by atoms with Gasteiger partial charge in [-0.15, -0.1) is 0 Å². The first kappa shape index (κ1) is 10.3. The van der Waals surface area contributed by atoms with E-state index in [2.05, 4.69) is 6.92 Å². The monoisotopic (exact) mass is 184 g/mol. The van der Waals surface area contributed by atoms with Gasteiger partial charge in [0.1, 0.15) is 0 Å². The van der Waals surface area contributed by atoms with Crippen molar-refractivity contribution in [3.8, 4) is 0 Å². The Bertz CT molecular complexity index is 206. The second-order valence-corrected chi connectivity index (χ2v) is 3.38. The molecule has 0 bridgehead atoms. The van der Waals surface area contributed by atoms with Crippen molar-refractivity contribution in [1.29, 1.82) is 0 Å². The van der Waals surface area contributed by atoms with E-state index in [1.165, 1.54) is 6.08 Å². The largest absolute Gasteiger partial charge is 0.478 e. The summed E-state index contributed by atoms with van der Waals surface area (Å²) in [6.45, 7) is 2.78. The van der Waals surface area contributed by atoms with Gasteiger partial charge in [0.15, 0.2) is 0 Å². The summed E-state index contributed by atoms with van der Waals surface area (Å²) in [5.74, 6) is -0.841. The van der Waals surface area contributed by atoms with Crippen molar-refractivity contribution in [3.63, 3.8) is 0 Å². The molecule has 0 aromatic carbocycles. The first-order valence-corrected chi connectivity index (χ1v) is 4.76. The molecule has 0 aromatic rings. The molecule has 1 aliphatic rings. The van der Waals surface area contributed by atoms with E-state index in [1.54, 1.807) is 0 Å². The molecule has 0 aliphatic carbocycles. The molecule has 0 aromatic heterocycles. The molecule has 3 nitrogen and oxygen atoms in total. The van der Waals surface area contributed by atoms with Crippen LogP contribution in [0, 0.1) is 0 Å². The van der Waals surface area contributed by atoms with E-state index < -0.39 is 5.97 Å². The Hall–Kier alpha value is -0.830. The Morgan fingerprint density at radius 1 is 1.77 bits per heavy atom. The molecule has 1 N–H and O–H groups in total. The van der Waals surface area contributed by atoms with Gasteiger partial charge in [-0.05, 0) is 19.3 Å². The predicted octanol–water partition coefficient (Wildman–Crippen LogP) is 1.98. The lowest BCUT2D eigenvalue weighted by Crippen LogP contribution is -2.20. The van der Waals surface area contributed by atoms with Crippen LogP contribution in [-0.2, 0) is 9.53 Å². The third kappa shape index (κ3) is 3.59. The molecule has 1 atom stereocenters. The molecule has 1 heterocycles. The summed E-state index contributed by atoms with van der Waals surface area (Å²) < 4.78 is 5.50. The number of carboxylic acid groups (broad SMARTS) is 1. The first-order valence-electron chi connectivity index (χ1n) is 4.76. The number of carbonyl (C=O) groups is 1. The van der Waals surface area contributed by atoms with Gasteiger partial charge in [-0.25, -0.2) is 4.79 Å². The highest BCUT2D eigenvalue weighted by atomic mass is 16.5. The summed E-state index contributed by atoms with van der Waals surface area (Å²) in [5.41, 5.74) is 1.01. The van der Waals surface area contributed by atoms with E-state index in [0.29, 0.717) is 6.61 Å². The maximum atomic E-state index is 10.4. The van der Waals surface area contributed by atoms with E-state index in [4.69, 9.17) is 9.84 Å². The van der Waals surface area contributed by atoms with Crippen molar-refractivity contribution < 1.29 is 14.6 Å². The highest BCUT2D eigenvalue weighted by Gasteiger charge is 2.16. The lowest BCUT2D eigenvalue weighted by Gasteiger charge is -2.24. The smallest absolute Gasteiger partial charge is 0.328 e. The molecule has 13 heavy (non-hydrogen) atoms. The van der Waals surface area contributed by atoms with Gasteiger partial charge in [0.05, 0.1) is 12.7 Å². The average Bonchev–Trinajstić information content (AvgIpc) is 2.04. The summed E-state index contributed by atoms with van der Waals surface area (Å²) in [5, 5.41) is 8.56. The van der Waals surface area contributed by atoms with Crippen LogP contribution >= 0.6 is 0 Å². The van der Waals surface area contributed by atoms with Crippen molar-refractivity contribution in [3.05, 3.63) is 11.6 Å². The predicted molar refractivity (Wildman–Crippen MR) is 49.6 cm³/mol. The fourth-order valence-corrected chi connectivity index (χ4v) is 1.62. The topological polar surface area (TPSA) is 46.5 Å². The maximum Gasteiger partial charge on any atom is 0.328 e. The number of carboxylic acids is 1. The molecule has 0 amide bonds. The molecule has 3 heteroatoms. The summed E-state index contributed by atoms with van der Waals surface area (Å²) in [6.07, 6.45) is 5.24. The van der Waals surface area contributed by atoms with Gasteiger partial charge in [0, 0.05) is 6.08 Å². The molecule has 1 saturated heterocycles. The van der Waals surface area contributed by atoms with Gasteiger partial charge in [-0.3, -0.25) is 0 Å². The molecular formula is C10H16O3. The zero-order chi connectivity index (χ0) is 9.68. The standard InChI is InChI=1S/C10H16O3/c1-2-3-9-6-8(4-5-13-9)7-10(11)12/h7,9H,2-6H2,1H3,(H,11,12)/b8-7-. The SMILES string of the molecule is CCCC1C/C(=C\C(=O)O)CCO1. The fourth-order valence-electron chi connectivity index (χ4n) is 1.62. The van der Waals surface area contributed by atoms with Crippen LogP contribution in [0.4, 0.5) is 0 Å². The summed E-state index contributed by atoms with van der Waals surface area (Å²) >= 11 is 0. The normalized spacial score (nSPS) is 26.2. The average molecular weight is 184 g/mol.